The number of pyridine rings is 1. The van der Waals surface area contributed by atoms with Crippen LogP contribution in [-0.4, -0.2) is 61.9 Å². The van der Waals surface area contributed by atoms with Crippen LogP contribution >= 0.6 is 23.2 Å². The summed E-state index contributed by atoms with van der Waals surface area (Å²) in [5.41, 5.74) is 2.83. The van der Waals surface area contributed by atoms with Gasteiger partial charge in [-0.2, -0.15) is 5.10 Å². The molecule has 4 heterocycles. The first-order valence-corrected chi connectivity index (χ1v) is 12.8. The van der Waals surface area contributed by atoms with Gasteiger partial charge in [0.1, 0.15) is 11.7 Å². The molecule has 1 N–H and O–H groups in total. The Bertz CT molecular complexity index is 1390. The van der Waals surface area contributed by atoms with Crippen LogP contribution in [-0.2, 0) is 17.8 Å². The van der Waals surface area contributed by atoms with Crippen LogP contribution in [0.5, 0.6) is 0 Å². The van der Waals surface area contributed by atoms with E-state index in [-0.39, 0.29) is 42.9 Å². The molecule has 5 rings (SSSR count). The Morgan fingerprint density at radius 1 is 1.16 bits per heavy atom. The Kier molecular flexibility index (Phi) is 6.68. The molecule has 37 heavy (non-hydrogen) atoms. The molecule has 1 aromatic carbocycles. The fourth-order valence-electron chi connectivity index (χ4n) is 5.04. The van der Waals surface area contributed by atoms with Gasteiger partial charge in [0.2, 0.25) is 5.91 Å². The zero-order valence-corrected chi connectivity index (χ0v) is 22.1. The molecule has 2 aliphatic rings. The fraction of sp³-hybridized carbons (Fsp3) is 0.346. The Balaban J connectivity index is 1.54. The van der Waals surface area contributed by atoms with Crippen molar-refractivity contribution in [3.63, 3.8) is 0 Å². The summed E-state index contributed by atoms with van der Waals surface area (Å²) < 4.78 is 1.54. The van der Waals surface area contributed by atoms with Crippen molar-refractivity contribution in [1.29, 1.82) is 0 Å². The number of fused-ring (bicyclic) bond motifs is 3. The van der Waals surface area contributed by atoms with Gasteiger partial charge in [-0.1, -0.05) is 29.3 Å². The highest BCUT2D eigenvalue weighted by atomic mass is 35.5. The monoisotopic (exact) mass is 540 g/mol. The number of halogens is 2. The first-order valence-electron chi connectivity index (χ1n) is 12.0. The third kappa shape index (κ3) is 4.36. The van der Waals surface area contributed by atoms with Crippen LogP contribution in [0.3, 0.4) is 0 Å². The summed E-state index contributed by atoms with van der Waals surface area (Å²) in [5, 5.41) is 8.07. The van der Waals surface area contributed by atoms with Crippen molar-refractivity contribution < 1.29 is 14.4 Å². The zero-order valence-electron chi connectivity index (χ0n) is 20.6. The molecule has 2 aromatic heterocycles. The summed E-state index contributed by atoms with van der Waals surface area (Å²) in [4.78, 5) is 48.1. The van der Waals surface area contributed by atoms with E-state index in [0.29, 0.717) is 33.3 Å². The molecule has 0 aliphatic carbocycles. The van der Waals surface area contributed by atoms with Gasteiger partial charge in [0.05, 0.1) is 40.6 Å². The summed E-state index contributed by atoms with van der Waals surface area (Å²) in [7, 11) is 1.56. The molecule has 3 amide bonds. The molecular weight excluding hydrogens is 515 g/mol. The molecule has 2 aliphatic heterocycles. The Morgan fingerprint density at radius 3 is 2.62 bits per heavy atom. The molecule has 0 spiro atoms. The predicted molar refractivity (Wildman–Crippen MR) is 139 cm³/mol. The van der Waals surface area contributed by atoms with Gasteiger partial charge in [0.15, 0.2) is 0 Å². The van der Waals surface area contributed by atoms with Crippen molar-refractivity contribution in [2.45, 2.75) is 44.9 Å². The third-order valence-corrected chi connectivity index (χ3v) is 7.87. The van der Waals surface area contributed by atoms with Gasteiger partial charge in [0.25, 0.3) is 11.8 Å². The van der Waals surface area contributed by atoms with Crippen LogP contribution in [0.2, 0.25) is 10.0 Å². The quantitative estimate of drug-likeness (QED) is 0.544. The van der Waals surface area contributed by atoms with E-state index < -0.39 is 6.04 Å². The van der Waals surface area contributed by atoms with Crippen molar-refractivity contribution in [3.8, 4) is 0 Å². The maximum Gasteiger partial charge on any atom is 0.273 e. The number of likely N-dealkylation sites (N-methyl/N-ethyl adjacent to an activating group) is 1. The normalized spacial score (nSPS) is 19.8. The first kappa shape index (κ1) is 25.2. The molecule has 3 aromatic rings. The maximum absolute atomic E-state index is 13.9. The van der Waals surface area contributed by atoms with E-state index in [1.54, 1.807) is 41.2 Å². The SMILES string of the molecule is CNC(=O)[C@@H]1CN([C@H](C)c2ccccn2)C(=O)c2c3c(nn21)C[C@@H](C)N(C(=O)c1ccc(Cl)c(Cl)c1)C3. The van der Waals surface area contributed by atoms with E-state index >= 15 is 0 Å². The second kappa shape index (κ2) is 9.79. The van der Waals surface area contributed by atoms with E-state index in [1.807, 2.05) is 32.0 Å². The molecule has 0 saturated heterocycles. The van der Waals surface area contributed by atoms with Crippen LogP contribution in [0, 0.1) is 0 Å². The number of nitrogens with zero attached hydrogens (tertiary/aromatic N) is 5. The molecule has 0 unspecified atom stereocenters. The largest absolute Gasteiger partial charge is 0.357 e. The van der Waals surface area contributed by atoms with Gasteiger partial charge >= 0.3 is 0 Å². The molecule has 0 fully saturated rings. The number of carbonyl (C=O) groups excluding carboxylic acids is 3. The topological polar surface area (TPSA) is 100 Å². The Labute approximate surface area is 224 Å². The molecule has 0 saturated carbocycles. The number of amides is 3. The number of benzene rings is 1. The summed E-state index contributed by atoms with van der Waals surface area (Å²) in [6, 6.07) is 9.06. The van der Waals surface area contributed by atoms with Gasteiger partial charge < -0.3 is 15.1 Å². The smallest absolute Gasteiger partial charge is 0.273 e. The minimum absolute atomic E-state index is 0.158. The van der Waals surface area contributed by atoms with Crippen LogP contribution in [0.4, 0.5) is 0 Å². The van der Waals surface area contributed by atoms with Crippen LogP contribution in [0.1, 0.15) is 63.7 Å². The van der Waals surface area contributed by atoms with E-state index in [1.165, 1.54) is 4.68 Å². The van der Waals surface area contributed by atoms with E-state index in [2.05, 4.69) is 10.3 Å². The highest BCUT2D eigenvalue weighted by Crippen LogP contribution is 2.35. The number of hydrogen-bond acceptors (Lipinski definition) is 5. The van der Waals surface area contributed by atoms with Crippen molar-refractivity contribution in [1.82, 2.24) is 29.9 Å². The molecule has 192 valence electrons. The number of rotatable bonds is 4. The lowest BCUT2D eigenvalue weighted by Gasteiger charge is -2.37. The minimum Gasteiger partial charge on any atom is -0.357 e. The van der Waals surface area contributed by atoms with Gasteiger partial charge in [-0.25, -0.2) is 4.68 Å². The maximum atomic E-state index is 13.9. The highest BCUT2D eigenvalue weighted by Gasteiger charge is 2.43. The predicted octanol–water partition coefficient (Wildman–Crippen LogP) is 3.68. The third-order valence-electron chi connectivity index (χ3n) is 7.13. The number of carbonyl (C=O) groups is 3. The van der Waals surface area contributed by atoms with E-state index in [0.717, 1.165) is 11.4 Å². The van der Waals surface area contributed by atoms with Crippen LogP contribution in [0.15, 0.2) is 42.6 Å². The standard InChI is InChI=1S/C26H26Cl2N6O3/c1-14-10-21-17(12-32(14)25(36)16-7-8-18(27)19(28)11-16)23-26(37)33(15(2)20-6-4-5-9-30-20)13-22(24(35)29-3)34(23)31-21/h4-9,11,14-15,22H,10,12-13H2,1-3H3,(H,29,35)/t14-,15-,22+/m1/s1. The molecule has 0 radical (unpaired) electrons. The average molecular weight is 541 g/mol. The molecule has 11 heteroatoms. The Hall–Kier alpha value is -3.43. The van der Waals surface area contributed by atoms with Gasteiger partial charge in [-0.05, 0) is 44.2 Å². The fourth-order valence-corrected chi connectivity index (χ4v) is 5.34. The average Bonchev–Trinajstić information content (AvgIpc) is 3.27. The second-order valence-electron chi connectivity index (χ2n) is 9.35. The summed E-state index contributed by atoms with van der Waals surface area (Å²) in [5.74, 6) is -0.714. The van der Waals surface area contributed by atoms with Crippen molar-refractivity contribution in [2.75, 3.05) is 13.6 Å². The van der Waals surface area contributed by atoms with Crippen LogP contribution < -0.4 is 5.32 Å². The second-order valence-corrected chi connectivity index (χ2v) is 10.2. The number of nitrogens with one attached hydrogen (secondary N) is 1. The minimum atomic E-state index is -0.705. The summed E-state index contributed by atoms with van der Waals surface area (Å²) in [6.07, 6.45) is 2.13. The summed E-state index contributed by atoms with van der Waals surface area (Å²) in [6.45, 7) is 4.17. The van der Waals surface area contributed by atoms with Gasteiger partial charge in [0, 0.05) is 36.8 Å². The van der Waals surface area contributed by atoms with Crippen molar-refractivity contribution >= 4 is 40.9 Å². The van der Waals surface area contributed by atoms with Crippen molar-refractivity contribution in [2.24, 2.45) is 0 Å². The van der Waals surface area contributed by atoms with E-state index in [4.69, 9.17) is 28.3 Å². The van der Waals surface area contributed by atoms with Crippen LogP contribution in [0.25, 0.3) is 0 Å². The number of hydrogen-bond donors (Lipinski definition) is 1. The molecule has 3 atom stereocenters. The lowest BCUT2D eigenvalue weighted by atomic mass is 9.96. The lowest BCUT2D eigenvalue weighted by molar-refractivity contribution is -0.125. The zero-order chi connectivity index (χ0) is 26.4. The number of aromatic nitrogens is 3. The van der Waals surface area contributed by atoms with E-state index in [9.17, 15) is 14.4 Å². The molecule has 0 bridgehead atoms. The molecular formula is C26H26Cl2N6O3. The lowest BCUT2D eigenvalue weighted by Crippen LogP contribution is -2.49. The van der Waals surface area contributed by atoms with Gasteiger partial charge in [-0.3, -0.25) is 19.4 Å². The highest BCUT2D eigenvalue weighted by molar-refractivity contribution is 6.42. The first-order chi connectivity index (χ1) is 17.7. The summed E-state index contributed by atoms with van der Waals surface area (Å²) >= 11 is 12.2. The van der Waals surface area contributed by atoms with Crippen molar-refractivity contribution in [3.05, 3.63) is 80.8 Å². The molecule has 9 nitrogen and oxygen atoms in total. The van der Waals surface area contributed by atoms with Gasteiger partial charge in [-0.15, -0.1) is 0 Å². The Morgan fingerprint density at radius 2 is 1.95 bits per heavy atom.